The van der Waals surface area contributed by atoms with Gasteiger partial charge in [-0.3, -0.25) is 4.79 Å². The smallest absolute Gasteiger partial charge is 0.292 e. The van der Waals surface area contributed by atoms with Crippen molar-refractivity contribution in [1.82, 2.24) is 14.1 Å². The molecule has 3 aromatic rings. The van der Waals surface area contributed by atoms with Gasteiger partial charge in [-0.25, -0.2) is 26.3 Å². The molecule has 0 bridgehead atoms. The largest absolute Gasteiger partial charge is 0.378 e. The van der Waals surface area contributed by atoms with Gasteiger partial charge in [0.1, 0.15) is 23.1 Å². The first-order valence-corrected chi connectivity index (χ1v) is 14.0. The number of morpholine rings is 1. The maximum atomic E-state index is 14.4. The normalized spacial score (nSPS) is 17.0. The number of anilines is 2. The van der Waals surface area contributed by atoms with Gasteiger partial charge in [-0.15, -0.1) is 0 Å². The average Bonchev–Trinajstić information content (AvgIpc) is 2.92. The van der Waals surface area contributed by atoms with E-state index in [1.165, 1.54) is 24.4 Å². The van der Waals surface area contributed by atoms with Crippen molar-refractivity contribution in [3.8, 4) is 0 Å². The van der Waals surface area contributed by atoms with Crippen LogP contribution in [0.15, 0.2) is 52.3 Å². The van der Waals surface area contributed by atoms with Gasteiger partial charge in [0.2, 0.25) is 10.0 Å². The predicted octanol–water partition coefficient (Wildman–Crippen LogP) is 2.71. The van der Waals surface area contributed by atoms with Crippen LogP contribution in [-0.4, -0.2) is 75.0 Å². The maximum Gasteiger partial charge on any atom is 0.292 e. The second kappa shape index (κ2) is 11.2. The molecule has 2 aliphatic heterocycles. The summed E-state index contributed by atoms with van der Waals surface area (Å²) in [6.07, 6.45) is 1.49. The highest BCUT2D eigenvalue weighted by Gasteiger charge is 2.34. The van der Waals surface area contributed by atoms with E-state index in [0.717, 1.165) is 27.2 Å². The zero-order chi connectivity index (χ0) is 27.7. The maximum absolute atomic E-state index is 14.4. The zero-order valence-electron chi connectivity index (χ0n) is 20.7. The lowest BCUT2D eigenvalue weighted by Crippen LogP contribution is -2.50. The van der Waals surface area contributed by atoms with E-state index in [1.807, 2.05) is 9.80 Å². The lowest BCUT2D eigenvalue weighted by atomic mass is 10.2. The molecule has 0 unspecified atom stereocenters. The molecule has 0 saturated carbocycles. The number of piperazine rings is 1. The molecule has 39 heavy (non-hydrogen) atoms. The fourth-order valence-electron chi connectivity index (χ4n) is 4.76. The van der Waals surface area contributed by atoms with Gasteiger partial charge in [-0.2, -0.15) is 9.40 Å². The summed E-state index contributed by atoms with van der Waals surface area (Å²) in [7, 11) is -4.42. The number of aromatic nitrogens is 2. The molecule has 0 amide bonds. The lowest BCUT2D eigenvalue weighted by Gasteiger charge is -2.38. The Morgan fingerprint density at radius 3 is 2.13 bits per heavy atom. The monoisotopic (exact) mass is 583 g/mol. The standard InChI is InChI=1S/C25H25ClF3N5O4S/c26-18-3-1-4-19(27)17(18)16-34-25(35)23(32-11-13-38-14-12-32)22(15-30-34)31-7-9-33(10-8-31)39(36,37)24-20(28)5-2-6-21(24)29/h1-6,15H,7-14,16H2. The minimum absolute atomic E-state index is 0.0629. The first-order valence-electron chi connectivity index (χ1n) is 12.2. The molecule has 9 nitrogen and oxygen atoms in total. The SMILES string of the molecule is O=c1c(N2CCOCC2)c(N2CCN(S(=O)(=O)c3c(F)cccc3F)CC2)cnn1Cc1c(F)cccc1Cl. The van der Waals surface area contributed by atoms with Gasteiger partial charge >= 0.3 is 0 Å². The highest BCUT2D eigenvalue weighted by molar-refractivity contribution is 7.89. The van der Waals surface area contributed by atoms with Gasteiger partial charge in [0.15, 0.2) is 4.90 Å². The fraction of sp³-hybridized carbons (Fsp3) is 0.360. The van der Waals surface area contributed by atoms with Crippen LogP contribution in [0.4, 0.5) is 24.5 Å². The number of benzene rings is 2. The molecule has 0 radical (unpaired) electrons. The lowest BCUT2D eigenvalue weighted by molar-refractivity contribution is 0.122. The molecule has 5 rings (SSSR count). The highest BCUT2D eigenvalue weighted by atomic mass is 35.5. The molecule has 0 spiro atoms. The first kappa shape index (κ1) is 27.4. The molecule has 2 aromatic carbocycles. The van der Waals surface area contributed by atoms with Crippen molar-refractivity contribution in [3.63, 3.8) is 0 Å². The number of sulfonamides is 1. The third-order valence-corrected chi connectivity index (χ3v) is 9.10. The molecule has 0 N–H and O–H groups in total. The summed E-state index contributed by atoms with van der Waals surface area (Å²) in [6, 6.07) is 7.16. The molecule has 0 atom stereocenters. The van der Waals surface area contributed by atoms with E-state index in [4.69, 9.17) is 16.3 Å². The Labute approximate surface area is 228 Å². The summed E-state index contributed by atoms with van der Waals surface area (Å²) in [6.45, 7) is 1.68. The number of nitrogens with zero attached hydrogens (tertiary/aromatic N) is 5. The van der Waals surface area contributed by atoms with E-state index >= 15 is 0 Å². The van der Waals surface area contributed by atoms with Crippen molar-refractivity contribution in [1.29, 1.82) is 0 Å². The van der Waals surface area contributed by atoms with Gasteiger partial charge in [0, 0.05) is 49.9 Å². The third-order valence-electron chi connectivity index (χ3n) is 6.79. The molecule has 14 heteroatoms. The van der Waals surface area contributed by atoms with Crippen molar-refractivity contribution < 1.29 is 26.3 Å². The van der Waals surface area contributed by atoms with E-state index in [-0.39, 0.29) is 43.3 Å². The summed E-state index contributed by atoms with van der Waals surface area (Å²) in [5, 5.41) is 4.44. The van der Waals surface area contributed by atoms with Crippen molar-refractivity contribution in [2.45, 2.75) is 11.4 Å². The molecule has 1 aromatic heterocycles. The summed E-state index contributed by atoms with van der Waals surface area (Å²) >= 11 is 6.17. The van der Waals surface area contributed by atoms with Gasteiger partial charge in [-0.05, 0) is 24.3 Å². The van der Waals surface area contributed by atoms with Crippen LogP contribution in [-0.2, 0) is 21.3 Å². The Hall–Kier alpha value is -3.13. The second-order valence-electron chi connectivity index (χ2n) is 9.08. The van der Waals surface area contributed by atoms with Crippen LogP contribution in [0, 0.1) is 17.5 Å². The number of hydrogen-bond donors (Lipinski definition) is 0. The van der Waals surface area contributed by atoms with Crippen molar-refractivity contribution >= 4 is 33.0 Å². The van der Waals surface area contributed by atoms with Crippen LogP contribution in [0.1, 0.15) is 5.56 Å². The quantitative estimate of drug-likeness (QED) is 0.441. The highest BCUT2D eigenvalue weighted by Crippen LogP contribution is 2.30. The van der Waals surface area contributed by atoms with E-state index in [0.29, 0.717) is 37.7 Å². The summed E-state index contributed by atoms with van der Waals surface area (Å²) < 4.78 is 76.5. The number of ether oxygens (including phenoxy) is 1. The minimum atomic E-state index is -4.42. The summed E-state index contributed by atoms with van der Waals surface area (Å²) in [5.41, 5.74) is 0.481. The van der Waals surface area contributed by atoms with Crippen LogP contribution in [0.5, 0.6) is 0 Å². The Kier molecular flexibility index (Phi) is 7.85. The number of halogens is 4. The van der Waals surface area contributed by atoms with Crippen molar-refractivity contribution in [2.75, 3.05) is 62.3 Å². The van der Waals surface area contributed by atoms with Gasteiger partial charge < -0.3 is 14.5 Å². The van der Waals surface area contributed by atoms with Crippen LogP contribution in [0.3, 0.4) is 0 Å². The van der Waals surface area contributed by atoms with Crippen LogP contribution in [0.25, 0.3) is 0 Å². The molecule has 3 heterocycles. The van der Waals surface area contributed by atoms with Crippen LogP contribution < -0.4 is 15.4 Å². The second-order valence-corrected chi connectivity index (χ2v) is 11.4. The van der Waals surface area contributed by atoms with Crippen molar-refractivity contribution in [2.24, 2.45) is 0 Å². The van der Waals surface area contributed by atoms with Crippen LogP contribution >= 0.6 is 11.6 Å². The van der Waals surface area contributed by atoms with E-state index in [2.05, 4.69) is 5.10 Å². The molecule has 0 aliphatic carbocycles. The summed E-state index contributed by atoms with van der Waals surface area (Å²) in [4.78, 5) is 16.4. The summed E-state index contributed by atoms with van der Waals surface area (Å²) in [5.74, 6) is -2.87. The topological polar surface area (TPSA) is 88.0 Å². The molecule has 2 saturated heterocycles. The molecule has 2 fully saturated rings. The van der Waals surface area contributed by atoms with Gasteiger partial charge in [0.05, 0.1) is 31.6 Å². The van der Waals surface area contributed by atoms with Gasteiger partial charge in [-0.1, -0.05) is 23.7 Å². The zero-order valence-corrected chi connectivity index (χ0v) is 22.3. The fourth-order valence-corrected chi connectivity index (χ4v) is 6.51. The molecular formula is C25H25ClF3N5O4S. The average molecular weight is 584 g/mol. The number of hydrogen-bond acceptors (Lipinski definition) is 7. The van der Waals surface area contributed by atoms with E-state index in [9.17, 15) is 26.4 Å². The van der Waals surface area contributed by atoms with E-state index < -0.39 is 37.9 Å². The minimum Gasteiger partial charge on any atom is -0.378 e. The van der Waals surface area contributed by atoms with Crippen molar-refractivity contribution in [3.05, 3.63) is 81.0 Å². The molecule has 208 valence electrons. The number of rotatable bonds is 6. The van der Waals surface area contributed by atoms with Crippen LogP contribution in [0.2, 0.25) is 5.02 Å². The first-order chi connectivity index (χ1) is 18.7. The molecule has 2 aliphatic rings. The third kappa shape index (κ3) is 5.36. The Bertz CT molecular complexity index is 1500. The predicted molar refractivity (Wildman–Crippen MR) is 139 cm³/mol. The Morgan fingerprint density at radius 1 is 0.872 bits per heavy atom. The van der Waals surface area contributed by atoms with E-state index in [1.54, 1.807) is 0 Å². The van der Waals surface area contributed by atoms with Gasteiger partial charge in [0.25, 0.3) is 5.56 Å². The molecular weight excluding hydrogens is 559 g/mol. The Balaban J connectivity index is 1.44. The Morgan fingerprint density at radius 2 is 1.49 bits per heavy atom.